The van der Waals surface area contributed by atoms with E-state index < -0.39 is 5.91 Å². The Labute approximate surface area is 180 Å². The number of amides is 1. The predicted octanol–water partition coefficient (Wildman–Crippen LogP) is 2.80. The molecule has 2 aromatic heterocycles. The summed E-state index contributed by atoms with van der Waals surface area (Å²) in [5, 5.41) is 11.9. The molecule has 8 heteroatoms. The van der Waals surface area contributed by atoms with Crippen LogP contribution in [0.15, 0.2) is 54.9 Å². The molecular formula is C23H25N5O3. The summed E-state index contributed by atoms with van der Waals surface area (Å²) >= 11 is 0. The highest BCUT2D eigenvalue weighted by Gasteiger charge is 2.13. The van der Waals surface area contributed by atoms with Crippen LogP contribution in [0.1, 0.15) is 16.1 Å². The van der Waals surface area contributed by atoms with E-state index in [2.05, 4.69) is 32.3 Å². The summed E-state index contributed by atoms with van der Waals surface area (Å²) in [5.74, 6) is 0.0487. The van der Waals surface area contributed by atoms with Crippen molar-refractivity contribution >= 4 is 11.7 Å². The van der Waals surface area contributed by atoms with Gasteiger partial charge in [0.2, 0.25) is 0 Å². The lowest BCUT2D eigenvalue weighted by atomic mass is 10.0. The number of aromatic nitrogens is 2. The van der Waals surface area contributed by atoms with Crippen molar-refractivity contribution in [3.8, 4) is 22.3 Å². The molecule has 0 atom stereocenters. The summed E-state index contributed by atoms with van der Waals surface area (Å²) in [5.41, 5.74) is 6.74. The molecule has 1 aliphatic heterocycles. The molecule has 3 N–H and O–H groups in total. The number of morpholine rings is 1. The highest BCUT2D eigenvalue weighted by atomic mass is 16.5. The van der Waals surface area contributed by atoms with Gasteiger partial charge in [-0.1, -0.05) is 30.3 Å². The number of anilines is 1. The van der Waals surface area contributed by atoms with E-state index in [1.165, 1.54) is 6.20 Å². The molecule has 0 bridgehead atoms. The van der Waals surface area contributed by atoms with Crippen LogP contribution < -0.4 is 10.8 Å². The second-order valence-electron chi connectivity index (χ2n) is 7.32. The zero-order valence-electron chi connectivity index (χ0n) is 17.3. The first kappa shape index (κ1) is 20.9. The standard InChI is InChI=1S/C23H25N5O3/c1-24-22-21(12-19(14-26-22)23(29)27-30)17-4-2-16(3-5-17)18-6-7-20(25-13-18)15-28-8-10-31-11-9-28/h2-7,12-14,30H,8-11,15H2,1H3,(H,24,26)(H,27,29). The molecular weight excluding hydrogens is 394 g/mol. The van der Waals surface area contributed by atoms with Crippen LogP contribution in [0.2, 0.25) is 0 Å². The van der Waals surface area contributed by atoms with Crippen LogP contribution in [-0.4, -0.2) is 59.3 Å². The third kappa shape index (κ3) is 4.88. The lowest BCUT2D eigenvalue weighted by Crippen LogP contribution is -2.35. The molecule has 3 aromatic rings. The molecule has 0 aliphatic carbocycles. The molecule has 0 saturated carbocycles. The number of benzene rings is 1. The van der Waals surface area contributed by atoms with E-state index in [0.29, 0.717) is 5.82 Å². The second kappa shape index (κ2) is 9.65. The van der Waals surface area contributed by atoms with Gasteiger partial charge in [-0.2, -0.15) is 0 Å². The number of nitrogens with one attached hydrogen (secondary N) is 2. The third-order valence-electron chi connectivity index (χ3n) is 5.33. The minimum Gasteiger partial charge on any atom is -0.379 e. The summed E-state index contributed by atoms with van der Waals surface area (Å²) in [6.45, 7) is 4.27. The summed E-state index contributed by atoms with van der Waals surface area (Å²) < 4.78 is 5.39. The fraction of sp³-hybridized carbons (Fsp3) is 0.261. The molecule has 0 spiro atoms. The maximum atomic E-state index is 11.8. The van der Waals surface area contributed by atoms with Gasteiger partial charge in [0.05, 0.1) is 24.5 Å². The van der Waals surface area contributed by atoms with Crippen molar-refractivity contribution in [2.24, 2.45) is 0 Å². The quantitative estimate of drug-likeness (QED) is 0.417. The number of carbonyl (C=O) groups excluding carboxylic acids is 1. The van der Waals surface area contributed by atoms with Gasteiger partial charge in [0.15, 0.2) is 0 Å². The van der Waals surface area contributed by atoms with Gasteiger partial charge in [-0.3, -0.25) is 19.9 Å². The number of pyridine rings is 2. The fourth-order valence-electron chi connectivity index (χ4n) is 3.59. The average Bonchev–Trinajstić information content (AvgIpc) is 2.84. The van der Waals surface area contributed by atoms with Crippen molar-refractivity contribution in [2.45, 2.75) is 6.54 Å². The van der Waals surface area contributed by atoms with E-state index in [-0.39, 0.29) is 5.56 Å². The zero-order valence-corrected chi connectivity index (χ0v) is 17.3. The Kier molecular flexibility index (Phi) is 6.51. The molecule has 1 saturated heterocycles. The van der Waals surface area contributed by atoms with E-state index in [1.807, 2.05) is 30.5 Å². The van der Waals surface area contributed by atoms with Gasteiger partial charge in [0, 0.05) is 50.2 Å². The highest BCUT2D eigenvalue weighted by molar-refractivity contribution is 5.95. The summed E-state index contributed by atoms with van der Waals surface area (Å²) in [7, 11) is 1.77. The van der Waals surface area contributed by atoms with Crippen LogP contribution in [0, 0.1) is 0 Å². The molecule has 1 aromatic carbocycles. The summed E-state index contributed by atoms with van der Waals surface area (Å²) in [6, 6.07) is 13.9. The zero-order chi connectivity index (χ0) is 21.6. The Hall–Kier alpha value is -3.33. The van der Waals surface area contributed by atoms with E-state index in [0.717, 1.165) is 60.8 Å². The lowest BCUT2D eigenvalue weighted by molar-refractivity contribution is 0.0336. The fourth-order valence-corrected chi connectivity index (χ4v) is 3.59. The number of rotatable bonds is 6. The van der Waals surface area contributed by atoms with Gasteiger partial charge >= 0.3 is 0 Å². The SMILES string of the molecule is CNc1ncc(C(=O)NO)cc1-c1ccc(-c2ccc(CN3CCOCC3)nc2)cc1. The van der Waals surface area contributed by atoms with Crippen LogP contribution in [-0.2, 0) is 11.3 Å². The molecule has 1 aliphatic rings. The molecule has 31 heavy (non-hydrogen) atoms. The minimum atomic E-state index is -0.601. The van der Waals surface area contributed by atoms with Crippen LogP contribution >= 0.6 is 0 Å². The molecule has 1 amide bonds. The molecule has 0 radical (unpaired) electrons. The number of hydrogen-bond donors (Lipinski definition) is 3. The van der Waals surface area contributed by atoms with Crippen molar-refractivity contribution in [2.75, 3.05) is 38.7 Å². The third-order valence-corrected chi connectivity index (χ3v) is 5.33. The normalized spacial score (nSPS) is 14.3. The number of carbonyl (C=O) groups is 1. The first-order valence-electron chi connectivity index (χ1n) is 10.2. The van der Waals surface area contributed by atoms with Crippen molar-refractivity contribution in [1.29, 1.82) is 0 Å². The molecule has 4 rings (SSSR count). The van der Waals surface area contributed by atoms with E-state index in [1.54, 1.807) is 18.6 Å². The maximum Gasteiger partial charge on any atom is 0.276 e. The molecule has 3 heterocycles. The smallest absolute Gasteiger partial charge is 0.276 e. The van der Waals surface area contributed by atoms with Gasteiger partial charge in [-0.15, -0.1) is 0 Å². The van der Waals surface area contributed by atoms with E-state index >= 15 is 0 Å². The number of hydrogen-bond acceptors (Lipinski definition) is 7. The molecule has 8 nitrogen and oxygen atoms in total. The Morgan fingerprint density at radius 3 is 2.39 bits per heavy atom. The van der Waals surface area contributed by atoms with Gasteiger partial charge in [0.1, 0.15) is 5.82 Å². The molecule has 160 valence electrons. The average molecular weight is 419 g/mol. The number of ether oxygens (including phenoxy) is 1. The largest absolute Gasteiger partial charge is 0.379 e. The summed E-state index contributed by atoms with van der Waals surface area (Å²) in [4.78, 5) is 23.0. The van der Waals surface area contributed by atoms with E-state index in [9.17, 15) is 4.79 Å². The van der Waals surface area contributed by atoms with Crippen LogP contribution in [0.3, 0.4) is 0 Å². The van der Waals surface area contributed by atoms with Gasteiger partial charge in [-0.25, -0.2) is 10.5 Å². The van der Waals surface area contributed by atoms with Crippen LogP contribution in [0.4, 0.5) is 5.82 Å². The Morgan fingerprint density at radius 1 is 1.03 bits per heavy atom. The monoisotopic (exact) mass is 419 g/mol. The number of hydroxylamine groups is 1. The summed E-state index contributed by atoms with van der Waals surface area (Å²) in [6.07, 6.45) is 3.32. The van der Waals surface area contributed by atoms with Gasteiger partial charge < -0.3 is 10.1 Å². The van der Waals surface area contributed by atoms with Crippen LogP contribution in [0.5, 0.6) is 0 Å². The van der Waals surface area contributed by atoms with Crippen molar-refractivity contribution in [3.05, 3.63) is 66.1 Å². The highest BCUT2D eigenvalue weighted by Crippen LogP contribution is 2.29. The van der Waals surface area contributed by atoms with Gasteiger partial charge in [0.25, 0.3) is 5.91 Å². The number of nitrogens with zero attached hydrogens (tertiary/aromatic N) is 3. The molecule has 1 fully saturated rings. The first-order chi connectivity index (χ1) is 15.2. The van der Waals surface area contributed by atoms with E-state index in [4.69, 9.17) is 9.94 Å². The molecule has 0 unspecified atom stereocenters. The van der Waals surface area contributed by atoms with Crippen molar-refractivity contribution in [3.63, 3.8) is 0 Å². The Bertz CT molecular complexity index is 1030. The predicted molar refractivity (Wildman–Crippen MR) is 118 cm³/mol. The van der Waals surface area contributed by atoms with Crippen LogP contribution in [0.25, 0.3) is 22.3 Å². The minimum absolute atomic E-state index is 0.278. The van der Waals surface area contributed by atoms with Crippen molar-refractivity contribution < 1.29 is 14.7 Å². The van der Waals surface area contributed by atoms with Gasteiger partial charge in [-0.05, 0) is 23.3 Å². The Morgan fingerprint density at radius 2 is 1.74 bits per heavy atom. The van der Waals surface area contributed by atoms with Crippen molar-refractivity contribution in [1.82, 2.24) is 20.3 Å². The lowest BCUT2D eigenvalue weighted by Gasteiger charge is -2.26. The Balaban J connectivity index is 1.52. The maximum absolute atomic E-state index is 11.8. The second-order valence-corrected chi connectivity index (χ2v) is 7.32. The first-order valence-corrected chi connectivity index (χ1v) is 10.2. The topological polar surface area (TPSA) is 99.6 Å².